The molecule has 2 rings (SSSR count). The molecule has 2 fully saturated rings. The third-order valence-electron chi connectivity index (χ3n) is 6.43. The first kappa shape index (κ1) is 33.7. The van der Waals surface area contributed by atoms with Crippen molar-refractivity contribution in [1.82, 2.24) is 5.32 Å². The summed E-state index contributed by atoms with van der Waals surface area (Å²) in [6.45, 7) is 9.39. The predicted octanol–water partition coefficient (Wildman–Crippen LogP) is -0.312. The fourth-order valence-corrected chi connectivity index (χ4v) is 4.14. The maximum atomic E-state index is 10.9. The van der Waals surface area contributed by atoms with Crippen LogP contribution in [0.15, 0.2) is 12.2 Å². The number of urea groups is 1. The van der Waals surface area contributed by atoms with Crippen LogP contribution in [0.2, 0.25) is 0 Å². The molecule has 0 spiro atoms. The smallest absolute Gasteiger partial charge is 0.311 e. The number of aliphatic hydroxyl groups is 5. The van der Waals surface area contributed by atoms with E-state index in [-0.39, 0.29) is 24.7 Å². The molecule has 218 valence electrons. The van der Waals surface area contributed by atoms with E-state index in [0.717, 1.165) is 0 Å². The van der Waals surface area contributed by atoms with E-state index >= 15 is 0 Å². The Kier molecular flexibility index (Phi) is 13.9. The van der Waals surface area contributed by atoms with E-state index in [4.69, 9.17) is 19.9 Å². The molecule has 2 aliphatic heterocycles. The van der Waals surface area contributed by atoms with Gasteiger partial charge >= 0.3 is 6.03 Å². The summed E-state index contributed by atoms with van der Waals surface area (Å²) in [4.78, 5) is 9.48. The third kappa shape index (κ3) is 11.5. The van der Waals surface area contributed by atoms with Crippen molar-refractivity contribution in [3.8, 4) is 0 Å². The van der Waals surface area contributed by atoms with Crippen LogP contribution in [0.1, 0.15) is 60.3 Å². The number of amides is 2. The number of primary amides is 1. The van der Waals surface area contributed by atoms with Gasteiger partial charge < -0.3 is 56.5 Å². The van der Waals surface area contributed by atoms with Crippen LogP contribution < -0.4 is 16.8 Å². The molecular weight excluding hydrogens is 486 g/mol. The Morgan fingerprint density at radius 1 is 1.19 bits per heavy atom. The van der Waals surface area contributed by atoms with Crippen molar-refractivity contribution < 1.29 is 44.5 Å². The minimum Gasteiger partial charge on any atom is -0.393 e. The van der Waals surface area contributed by atoms with Crippen LogP contribution in [0, 0.1) is 11.8 Å². The molecule has 2 amide bonds. The van der Waals surface area contributed by atoms with Crippen LogP contribution in [-0.2, 0) is 14.2 Å². The van der Waals surface area contributed by atoms with Gasteiger partial charge in [-0.15, -0.1) is 0 Å². The van der Waals surface area contributed by atoms with Crippen LogP contribution in [0.25, 0.3) is 0 Å². The Morgan fingerprint density at radius 2 is 1.78 bits per heavy atom. The largest absolute Gasteiger partial charge is 0.393 e. The Morgan fingerprint density at radius 3 is 2.30 bits per heavy atom. The average Bonchev–Trinajstić information content (AvgIpc) is 2.78. The van der Waals surface area contributed by atoms with Crippen molar-refractivity contribution in [3.63, 3.8) is 0 Å². The highest BCUT2D eigenvalue weighted by molar-refractivity contribution is 5.71. The highest BCUT2D eigenvalue weighted by atomic mass is 16.7. The monoisotopic (exact) mass is 535 g/mol. The molecule has 2 heterocycles. The van der Waals surface area contributed by atoms with Gasteiger partial charge in [0.15, 0.2) is 12.1 Å². The Hall–Kier alpha value is -1.35. The van der Waals surface area contributed by atoms with Gasteiger partial charge in [0.1, 0.15) is 6.10 Å². The first-order chi connectivity index (χ1) is 17.1. The maximum Gasteiger partial charge on any atom is 0.311 e. The molecule has 0 bridgehead atoms. The van der Waals surface area contributed by atoms with Crippen molar-refractivity contribution >= 4 is 6.03 Å². The highest BCUT2D eigenvalue weighted by Crippen LogP contribution is 2.34. The number of carbonyl (C=O) groups is 1. The summed E-state index contributed by atoms with van der Waals surface area (Å²) >= 11 is 0. The lowest BCUT2D eigenvalue weighted by atomic mass is 9.89. The fourth-order valence-electron chi connectivity index (χ4n) is 4.14. The van der Waals surface area contributed by atoms with Gasteiger partial charge in [0.05, 0.1) is 42.7 Å². The first-order valence-electron chi connectivity index (χ1n) is 12.9. The highest BCUT2D eigenvalue weighted by Gasteiger charge is 2.44. The lowest BCUT2D eigenvalue weighted by Gasteiger charge is -2.43. The molecule has 0 aromatic rings. The molecule has 0 radical (unpaired) electrons. The lowest BCUT2D eigenvalue weighted by molar-refractivity contribution is -0.298. The zero-order chi connectivity index (χ0) is 28.5. The second-order valence-corrected chi connectivity index (χ2v) is 10.7. The zero-order valence-corrected chi connectivity index (χ0v) is 22.9. The third-order valence-corrected chi connectivity index (χ3v) is 6.43. The number of allylic oxidation sites excluding steroid dienone is 1. The number of rotatable bonds is 9. The van der Waals surface area contributed by atoms with E-state index < -0.39 is 66.9 Å². The molecule has 0 aliphatic carbocycles. The standard InChI is InChI=1S/C23H43NO8.C2H6N2O/c1-12(2)6-7-16(31-22-21(28)19(24)20(27)14(5)30-22)9-17-8-15(25)10-23(29,32-17)11-18(26)13(3)4;1-4-2(3)5/h6-7,12-22,25-29H,8-11,24H2,1-5H3;1H3,(H3,3,4,5)/b7-6+;/t14?,15?,16-,17?,18+,19?,20?,21?,22?,23-;/m0./s1. The van der Waals surface area contributed by atoms with Crippen molar-refractivity contribution in [3.05, 3.63) is 12.2 Å². The van der Waals surface area contributed by atoms with Gasteiger partial charge in [0.25, 0.3) is 0 Å². The van der Waals surface area contributed by atoms with E-state index in [0.29, 0.717) is 12.8 Å². The van der Waals surface area contributed by atoms with Crippen molar-refractivity contribution in [1.29, 1.82) is 0 Å². The quantitative estimate of drug-likeness (QED) is 0.180. The Bertz CT molecular complexity index is 711. The van der Waals surface area contributed by atoms with Crippen molar-refractivity contribution in [2.75, 3.05) is 7.05 Å². The van der Waals surface area contributed by atoms with Crippen molar-refractivity contribution in [2.45, 2.75) is 121 Å². The second-order valence-electron chi connectivity index (χ2n) is 10.7. The minimum absolute atomic E-state index is 0.000288. The first-order valence-corrected chi connectivity index (χ1v) is 12.9. The number of nitrogens with two attached hydrogens (primary N) is 2. The molecule has 0 aromatic carbocycles. The summed E-state index contributed by atoms with van der Waals surface area (Å²) < 4.78 is 17.6. The molecule has 0 saturated carbocycles. The van der Waals surface area contributed by atoms with Crippen LogP contribution in [0.4, 0.5) is 4.79 Å². The molecule has 2 saturated heterocycles. The molecule has 7 unspecified atom stereocenters. The molecule has 0 aromatic heterocycles. The van der Waals surface area contributed by atoms with Crippen LogP contribution in [0.5, 0.6) is 0 Å². The summed E-state index contributed by atoms with van der Waals surface area (Å²) in [5, 5.41) is 54.1. The van der Waals surface area contributed by atoms with Crippen LogP contribution in [-0.4, -0.2) is 99.5 Å². The zero-order valence-electron chi connectivity index (χ0n) is 22.9. The number of aliphatic hydroxyl groups excluding tert-OH is 4. The summed E-state index contributed by atoms with van der Waals surface area (Å²) in [7, 11) is 1.47. The van der Waals surface area contributed by atoms with Gasteiger partial charge in [-0.3, -0.25) is 0 Å². The number of nitrogens with one attached hydrogen (secondary N) is 1. The van der Waals surface area contributed by atoms with E-state index in [9.17, 15) is 30.3 Å². The molecule has 37 heavy (non-hydrogen) atoms. The summed E-state index contributed by atoms with van der Waals surface area (Å²) in [6, 6.07) is -1.40. The van der Waals surface area contributed by atoms with E-state index in [1.165, 1.54) is 7.05 Å². The molecule has 12 nitrogen and oxygen atoms in total. The van der Waals surface area contributed by atoms with E-state index in [1.54, 1.807) is 6.92 Å². The number of carbonyl (C=O) groups excluding carboxylic acids is 1. The number of ether oxygens (including phenoxy) is 3. The molecule has 10 atom stereocenters. The minimum atomic E-state index is -1.64. The van der Waals surface area contributed by atoms with Gasteiger partial charge in [0, 0.05) is 26.3 Å². The Balaban J connectivity index is 0.00000124. The normalized spacial score (nSPS) is 36.2. The maximum absolute atomic E-state index is 10.9. The van der Waals surface area contributed by atoms with Crippen LogP contribution >= 0.6 is 0 Å². The van der Waals surface area contributed by atoms with Gasteiger partial charge in [-0.1, -0.05) is 39.8 Å². The topological polar surface area (TPSA) is 210 Å². The Labute approximate surface area is 220 Å². The number of hydrogen-bond donors (Lipinski definition) is 8. The van der Waals surface area contributed by atoms with E-state index in [2.05, 4.69) is 11.1 Å². The number of hydrogen-bond acceptors (Lipinski definition) is 10. The second kappa shape index (κ2) is 15.3. The summed E-state index contributed by atoms with van der Waals surface area (Å²) in [6.07, 6.45) is -2.10. The van der Waals surface area contributed by atoms with Crippen molar-refractivity contribution in [2.24, 2.45) is 23.3 Å². The van der Waals surface area contributed by atoms with Gasteiger partial charge in [-0.05, 0) is 25.2 Å². The summed E-state index contributed by atoms with van der Waals surface area (Å²) in [5.74, 6) is -1.45. The lowest BCUT2D eigenvalue weighted by Crippen LogP contribution is -2.61. The van der Waals surface area contributed by atoms with Gasteiger partial charge in [-0.2, -0.15) is 0 Å². The molecule has 10 N–H and O–H groups in total. The molecular formula is C25H49N3O9. The van der Waals surface area contributed by atoms with Gasteiger partial charge in [0.2, 0.25) is 0 Å². The average molecular weight is 536 g/mol. The SMILES string of the molecule is CC(C)/C=C/[C@@H](CC1CC(O)C[C@@](O)(C[C@@H](O)C(C)C)O1)OC1OC(C)C(O)C(N)C1O.CNC(N)=O. The summed E-state index contributed by atoms with van der Waals surface area (Å²) in [5.41, 5.74) is 10.5. The fraction of sp³-hybridized carbons (Fsp3) is 0.880. The predicted molar refractivity (Wildman–Crippen MR) is 137 cm³/mol. The molecule has 12 heteroatoms. The molecule has 2 aliphatic rings. The van der Waals surface area contributed by atoms with E-state index in [1.807, 2.05) is 39.8 Å². The van der Waals surface area contributed by atoms with Gasteiger partial charge in [-0.25, -0.2) is 4.79 Å². The van der Waals surface area contributed by atoms with Crippen LogP contribution in [0.3, 0.4) is 0 Å².